The fourth-order valence-corrected chi connectivity index (χ4v) is 4.86. The standard InChI is InChI=1S/C17H20N4O2S/c1-24(22,23)21-13-17(16-15(21)6-4-9-19-16)7-10-20(12-17)11-14-5-2-3-8-18-14/h2-6,8-9H,7,10-13H2,1H3. The van der Waals surface area contributed by atoms with Crippen LogP contribution in [0, 0.1) is 0 Å². The molecule has 1 saturated heterocycles. The predicted octanol–water partition coefficient (Wildman–Crippen LogP) is 1.40. The van der Waals surface area contributed by atoms with Crippen LogP contribution in [-0.2, 0) is 22.0 Å². The molecule has 1 unspecified atom stereocenters. The first-order valence-corrected chi connectivity index (χ1v) is 9.88. The van der Waals surface area contributed by atoms with Crippen LogP contribution in [0.5, 0.6) is 0 Å². The summed E-state index contributed by atoms with van der Waals surface area (Å²) >= 11 is 0. The van der Waals surface area contributed by atoms with Crippen LogP contribution in [0.25, 0.3) is 0 Å². The Morgan fingerprint density at radius 2 is 1.96 bits per heavy atom. The molecule has 126 valence electrons. The van der Waals surface area contributed by atoms with Crippen molar-refractivity contribution in [2.45, 2.75) is 18.4 Å². The number of aromatic nitrogens is 2. The van der Waals surface area contributed by atoms with Crippen LogP contribution in [0.2, 0.25) is 0 Å². The molecular weight excluding hydrogens is 324 g/mol. The lowest BCUT2D eigenvalue weighted by atomic mass is 9.85. The van der Waals surface area contributed by atoms with E-state index in [0.717, 1.165) is 43.1 Å². The van der Waals surface area contributed by atoms with E-state index in [-0.39, 0.29) is 5.41 Å². The highest BCUT2D eigenvalue weighted by molar-refractivity contribution is 7.92. The Morgan fingerprint density at radius 1 is 1.12 bits per heavy atom. The van der Waals surface area contributed by atoms with Crippen LogP contribution < -0.4 is 4.31 Å². The third-order valence-electron chi connectivity index (χ3n) is 4.95. The Hall–Kier alpha value is -1.99. The molecule has 24 heavy (non-hydrogen) atoms. The van der Waals surface area contributed by atoms with Gasteiger partial charge in [-0.1, -0.05) is 6.07 Å². The summed E-state index contributed by atoms with van der Waals surface area (Å²) in [5.41, 5.74) is 2.47. The van der Waals surface area contributed by atoms with Gasteiger partial charge in [0.05, 0.1) is 23.3 Å². The first-order chi connectivity index (χ1) is 11.5. The molecule has 6 nitrogen and oxygen atoms in total. The van der Waals surface area contributed by atoms with Gasteiger partial charge in [-0.2, -0.15) is 0 Å². The minimum Gasteiger partial charge on any atom is -0.296 e. The van der Waals surface area contributed by atoms with E-state index in [0.29, 0.717) is 6.54 Å². The molecule has 2 aliphatic rings. The molecule has 0 aliphatic carbocycles. The van der Waals surface area contributed by atoms with Gasteiger partial charge in [0.25, 0.3) is 0 Å². The van der Waals surface area contributed by atoms with Gasteiger partial charge >= 0.3 is 0 Å². The third-order valence-corrected chi connectivity index (χ3v) is 6.08. The van der Waals surface area contributed by atoms with Crippen LogP contribution in [0.1, 0.15) is 17.8 Å². The summed E-state index contributed by atoms with van der Waals surface area (Å²) in [7, 11) is -3.29. The second kappa shape index (κ2) is 5.53. The Kier molecular flexibility index (Phi) is 3.58. The number of hydrogen-bond acceptors (Lipinski definition) is 5. The van der Waals surface area contributed by atoms with Crippen molar-refractivity contribution in [3.05, 3.63) is 54.1 Å². The highest BCUT2D eigenvalue weighted by Crippen LogP contribution is 2.46. The largest absolute Gasteiger partial charge is 0.296 e. The molecule has 0 aromatic carbocycles. The van der Waals surface area contributed by atoms with Crippen molar-refractivity contribution in [3.8, 4) is 0 Å². The van der Waals surface area contributed by atoms with Crippen molar-refractivity contribution in [2.75, 3.05) is 30.2 Å². The van der Waals surface area contributed by atoms with Gasteiger partial charge in [-0.3, -0.25) is 19.2 Å². The zero-order chi connectivity index (χ0) is 16.8. The van der Waals surface area contributed by atoms with E-state index in [2.05, 4.69) is 14.9 Å². The number of anilines is 1. The lowest BCUT2D eigenvalue weighted by Crippen LogP contribution is -2.38. The van der Waals surface area contributed by atoms with Gasteiger partial charge in [0.15, 0.2) is 0 Å². The van der Waals surface area contributed by atoms with Crippen molar-refractivity contribution in [3.63, 3.8) is 0 Å². The summed E-state index contributed by atoms with van der Waals surface area (Å²) in [6, 6.07) is 9.59. The molecule has 0 bridgehead atoms. The number of hydrogen-bond donors (Lipinski definition) is 0. The number of likely N-dealkylation sites (tertiary alicyclic amines) is 1. The first kappa shape index (κ1) is 15.5. The molecule has 1 fully saturated rings. The number of rotatable bonds is 3. The molecule has 2 aromatic heterocycles. The van der Waals surface area contributed by atoms with Crippen LogP contribution in [0.15, 0.2) is 42.7 Å². The Morgan fingerprint density at radius 3 is 2.71 bits per heavy atom. The SMILES string of the molecule is CS(=O)(=O)N1CC2(CCN(Cc3ccccn3)C2)c2ncccc21. The summed E-state index contributed by atoms with van der Waals surface area (Å²) in [6.07, 6.45) is 5.74. The highest BCUT2D eigenvalue weighted by Gasteiger charge is 2.50. The van der Waals surface area contributed by atoms with Crippen LogP contribution in [-0.4, -0.2) is 49.2 Å². The van der Waals surface area contributed by atoms with Crippen molar-refractivity contribution >= 4 is 15.7 Å². The van der Waals surface area contributed by atoms with Gasteiger partial charge in [-0.15, -0.1) is 0 Å². The van der Waals surface area contributed by atoms with E-state index in [1.165, 1.54) is 10.6 Å². The number of sulfonamides is 1. The minimum atomic E-state index is -3.29. The van der Waals surface area contributed by atoms with E-state index >= 15 is 0 Å². The second-order valence-electron chi connectivity index (χ2n) is 6.70. The van der Waals surface area contributed by atoms with Crippen LogP contribution >= 0.6 is 0 Å². The monoisotopic (exact) mass is 344 g/mol. The summed E-state index contributed by atoms with van der Waals surface area (Å²) < 4.78 is 25.9. The molecule has 0 saturated carbocycles. The van der Waals surface area contributed by atoms with Crippen molar-refractivity contribution in [2.24, 2.45) is 0 Å². The van der Waals surface area contributed by atoms with Crippen molar-refractivity contribution in [1.82, 2.24) is 14.9 Å². The predicted molar refractivity (Wildman–Crippen MR) is 92.2 cm³/mol. The summed E-state index contributed by atoms with van der Waals surface area (Å²) in [6.45, 7) is 2.99. The Balaban J connectivity index is 1.63. The maximum atomic E-state index is 12.2. The quantitative estimate of drug-likeness (QED) is 0.842. The molecular formula is C17H20N4O2S. The lowest BCUT2D eigenvalue weighted by Gasteiger charge is -2.24. The van der Waals surface area contributed by atoms with Gasteiger partial charge in [0.1, 0.15) is 0 Å². The molecule has 0 amide bonds. The molecule has 1 atom stereocenters. The lowest BCUT2D eigenvalue weighted by molar-refractivity contribution is 0.303. The number of fused-ring (bicyclic) bond motifs is 2. The minimum absolute atomic E-state index is 0.214. The van der Waals surface area contributed by atoms with Gasteiger partial charge in [0.2, 0.25) is 10.0 Å². The van der Waals surface area contributed by atoms with Crippen LogP contribution in [0.4, 0.5) is 5.69 Å². The molecule has 0 N–H and O–H groups in total. The first-order valence-electron chi connectivity index (χ1n) is 8.03. The fraction of sp³-hybridized carbons (Fsp3) is 0.412. The van der Waals surface area contributed by atoms with E-state index in [1.807, 2.05) is 24.3 Å². The van der Waals surface area contributed by atoms with Gasteiger partial charge < -0.3 is 0 Å². The third kappa shape index (κ3) is 2.57. The molecule has 2 aromatic rings. The molecule has 0 radical (unpaired) electrons. The molecule has 4 rings (SSSR count). The Labute approximate surface area is 142 Å². The zero-order valence-corrected chi connectivity index (χ0v) is 14.4. The number of nitrogens with zero attached hydrogens (tertiary/aromatic N) is 4. The number of pyridine rings is 2. The van der Waals surface area contributed by atoms with Crippen molar-refractivity contribution in [1.29, 1.82) is 0 Å². The molecule has 4 heterocycles. The maximum Gasteiger partial charge on any atom is 0.232 e. The smallest absolute Gasteiger partial charge is 0.232 e. The normalized spacial score (nSPS) is 23.8. The van der Waals surface area contributed by atoms with Gasteiger partial charge in [-0.05, 0) is 37.2 Å². The molecule has 1 spiro atoms. The van der Waals surface area contributed by atoms with Crippen LogP contribution in [0.3, 0.4) is 0 Å². The van der Waals surface area contributed by atoms with Gasteiger partial charge in [-0.25, -0.2) is 8.42 Å². The van der Waals surface area contributed by atoms with E-state index in [9.17, 15) is 8.42 Å². The molecule has 7 heteroatoms. The average Bonchev–Trinajstić information content (AvgIpc) is 3.11. The topological polar surface area (TPSA) is 66.4 Å². The summed E-state index contributed by atoms with van der Waals surface area (Å²) in [5, 5.41) is 0. The van der Waals surface area contributed by atoms with E-state index in [4.69, 9.17) is 0 Å². The van der Waals surface area contributed by atoms with Gasteiger partial charge in [0, 0.05) is 37.4 Å². The zero-order valence-electron chi connectivity index (χ0n) is 13.6. The Bertz CT molecular complexity index is 856. The van der Waals surface area contributed by atoms with Crippen molar-refractivity contribution < 1.29 is 8.42 Å². The summed E-state index contributed by atoms with van der Waals surface area (Å²) in [5.74, 6) is 0. The highest BCUT2D eigenvalue weighted by atomic mass is 32.2. The summed E-state index contributed by atoms with van der Waals surface area (Å²) in [4.78, 5) is 11.3. The second-order valence-corrected chi connectivity index (χ2v) is 8.61. The average molecular weight is 344 g/mol. The van der Waals surface area contributed by atoms with E-state index in [1.54, 1.807) is 18.5 Å². The molecule has 2 aliphatic heterocycles. The van der Waals surface area contributed by atoms with E-state index < -0.39 is 10.0 Å². The fourth-order valence-electron chi connectivity index (χ4n) is 3.87. The maximum absolute atomic E-state index is 12.2.